The fourth-order valence-corrected chi connectivity index (χ4v) is 5.72. The maximum absolute atomic E-state index is 13.6. The van der Waals surface area contributed by atoms with E-state index in [-0.39, 0.29) is 35.0 Å². The molecule has 0 radical (unpaired) electrons. The summed E-state index contributed by atoms with van der Waals surface area (Å²) >= 11 is 0. The number of aromatic nitrogens is 2. The lowest BCUT2D eigenvalue weighted by Gasteiger charge is -2.32. The molecule has 1 aliphatic rings. The number of anilines is 4. The highest BCUT2D eigenvalue weighted by molar-refractivity contribution is 6.07. The van der Waals surface area contributed by atoms with Crippen molar-refractivity contribution in [2.75, 3.05) is 34.8 Å². The Labute approximate surface area is 258 Å². The summed E-state index contributed by atoms with van der Waals surface area (Å²) in [5.41, 5.74) is 10.8. The van der Waals surface area contributed by atoms with E-state index in [9.17, 15) is 14.4 Å². The highest BCUT2D eigenvalue weighted by Gasteiger charge is 2.24. The van der Waals surface area contributed by atoms with Gasteiger partial charge in [0, 0.05) is 67.0 Å². The van der Waals surface area contributed by atoms with Gasteiger partial charge in [0.05, 0.1) is 5.69 Å². The van der Waals surface area contributed by atoms with Crippen LogP contribution in [0.3, 0.4) is 0 Å². The van der Waals surface area contributed by atoms with Crippen LogP contribution in [-0.4, -0.2) is 41.0 Å². The number of carbonyl (C=O) groups is 2. The quantitative estimate of drug-likeness (QED) is 0.265. The standard InChI is InChI=1S/C35H40N6O3/c1-23(2)21-41(34(43)26-9-6-5-7-10-26)31-12-8-11-29(24(31)3)30-22-39(4)35(44)33(38-30)37-27-13-15-28(16-14-27)40-19-17-25(18-20-40)32(36)42/h5-16,22-23,25H,17-21H2,1-4H3,(H2,36,42)(H,37,38). The van der Waals surface area contributed by atoms with Crippen LogP contribution in [0.5, 0.6) is 0 Å². The van der Waals surface area contributed by atoms with Gasteiger partial charge in [-0.1, -0.05) is 44.2 Å². The van der Waals surface area contributed by atoms with Crippen molar-refractivity contribution in [3.05, 3.63) is 100 Å². The number of hydrogen-bond acceptors (Lipinski definition) is 6. The lowest BCUT2D eigenvalue weighted by atomic mass is 9.96. The molecule has 9 nitrogen and oxygen atoms in total. The van der Waals surface area contributed by atoms with Crippen LogP contribution >= 0.6 is 0 Å². The van der Waals surface area contributed by atoms with Crippen molar-refractivity contribution in [2.45, 2.75) is 33.6 Å². The molecular weight excluding hydrogens is 552 g/mol. The summed E-state index contributed by atoms with van der Waals surface area (Å²) in [5, 5.41) is 3.21. The first-order valence-electron chi connectivity index (χ1n) is 15.1. The van der Waals surface area contributed by atoms with Crippen LogP contribution < -0.4 is 26.4 Å². The first-order valence-corrected chi connectivity index (χ1v) is 15.1. The number of carbonyl (C=O) groups excluding carboxylic acids is 2. The molecule has 0 bridgehead atoms. The van der Waals surface area contributed by atoms with E-state index < -0.39 is 0 Å². The van der Waals surface area contributed by atoms with Gasteiger partial charge < -0.3 is 25.4 Å². The topological polar surface area (TPSA) is 114 Å². The third-order valence-corrected chi connectivity index (χ3v) is 8.15. The van der Waals surface area contributed by atoms with Gasteiger partial charge in [-0.3, -0.25) is 14.4 Å². The summed E-state index contributed by atoms with van der Waals surface area (Å²) in [6.45, 7) is 8.28. The Morgan fingerprint density at radius 3 is 2.32 bits per heavy atom. The summed E-state index contributed by atoms with van der Waals surface area (Å²) in [4.78, 5) is 47.1. The highest BCUT2D eigenvalue weighted by atomic mass is 16.2. The van der Waals surface area contributed by atoms with Crippen LogP contribution in [0.1, 0.15) is 42.6 Å². The lowest BCUT2D eigenvalue weighted by Crippen LogP contribution is -2.38. The molecule has 0 atom stereocenters. The molecular formula is C35H40N6O3. The molecule has 1 aliphatic heterocycles. The Hall–Kier alpha value is -4.92. The number of nitrogens with one attached hydrogen (secondary N) is 1. The molecule has 4 aromatic rings. The minimum atomic E-state index is -0.249. The fraction of sp³-hybridized carbons (Fsp3) is 0.314. The molecule has 1 aromatic heterocycles. The van der Waals surface area contributed by atoms with Crippen molar-refractivity contribution in [1.82, 2.24) is 9.55 Å². The van der Waals surface area contributed by atoms with E-state index in [4.69, 9.17) is 10.7 Å². The van der Waals surface area contributed by atoms with Gasteiger partial charge in [0.2, 0.25) is 5.91 Å². The maximum atomic E-state index is 13.6. The minimum absolute atomic E-state index is 0.0592. The van der Waals surface area contributed by atoms with E-state index in [1.54, 1.807) is 13.2 Å². The number of benzene rings is 3. The second kappa shape index (κ2) is 13.2. The zero-order valence-electron chi connectivity index (χ0n) is 25.8. The fourth-order valence-electron chi connectivity index (χ4n) is 5.72. The lowest BCUT2D eigenvalue weighted by molar-refractivity contribution is -0.122. The molecule has 2 heterocycles. The smallest absolute Gasteiger partial charge is 0.293 e. The van der Waals surface area contributed by atoms with Gasteiger partial charge in [0.25, 0.3) is 11.5 Å². The van der Waals surface area contributed by atoms with Crippen molar-refractivity contribution in [3.63, 3.8) is 0 Å². The highest BCUT2D eigenvalue weighted by Crippen LogP contribution is 2.32. The largest absolute Gasteiger partial charge is 0.371 e. The van der Waals surface area contributed by atoms with E-state index in [0.29, 0.717) is 17.8 Å². The van der Waals surface area contributed by atoms with Crippen LogP contribution in [0.2, 0.25) is 0 Å². The molecule has 3 N–H and O–H groups in total. The number of piperidine rings is 1. The van der Waals surface area contributed by atoms with E-state index in [1.807, 2.05) is 84.6 Å². The van der Waals surface area contributed by atoms with Gasteiger partial charge in [-0.15, -0.1) is 0 Å². The third-order valence-electron chi connectivity index (χ3n) is 8.15. The first-order chi connectivity index (χ1) is 21.1. The third kappa shape index (κ3) is 6.67. The number of rotatable bonds is 9. The van der Waals surface area contributed by atoms with Crippen LogP contribution in [-0.2, 0) is 11.8 Å². The van der Waals surface area contributed by atoms with Gasteiger partial charge in [-0.25, -0.2) is 4.98 Å². The summed E-state index contributed by atoms with van der Waals surface area (Å²) in [6.07, 6.45) is 3.22. The molecule has 44 heavy (non-hydrogen) atoms. The van der Waals surface area contributed by atoms with Gasteiger partial charge in [0.1, 0.15) is 0 Å². The van der Waals surface area contributed by atoms with Crippen LogP contribution in [0.4, 0.5) is 22.9 Å². The predicted octanol–water partition coefficient (Wildman–Crippen LogP) is 5.50. The maximum Gasteiger partial charge on any atom is 0.293 e. The van der Waals surface area contributed by atoms with Crippen LogP contribution in [0.25, 0.3) is 11.3 Å². The molecule has 0 saturated carbocycles. The molecule has 0 aliphatic carbocycles. The molecule has 0 spiro atoms. The van der Waals surface area contributed by atoms with E-state index >= 15 is 0 Å². The number of aryl methyl sites for hydroxylation is 1. The molecule has 1 saturated heterocycles. The summed E-state index contributed by atoms with van der Waals surface area (Å²) < 4.78 is 1.52. The Morgan fingerprint density at radius 2 is 1.68 bits per heavy atom. The zero-order chi connectivity index (χ0) is 31.4. The van der Waals surface area contributed by atoms with Gasteiger partial charge in [0.15, 0.2) is 5.82 Å². The van der Waals surface area contributed by atoms with E-state index in [1.165, 1.54) is 4.57 Å². The normalized spacial score (nSPS) is 13.6. The molecule has 228 valence electrons. The second-order valence-corrected chi connectivity index (χ2v) is 11.9. The van der Waals surface area contributed by atoms with Crippen LogP contribution in [0.15, 0.2) is 83.8 Å². The molecule has 0 unspecified atom stereocenters. The predicted molar refractivity (Wildman–Crippen MR) is 176 cm³/mol. The molecule has 9 heteroatoms. The molecule has 1 fully saturated rings. The van der Waals surface area contributed by atoms with Crippen LogP contribution in [0, 0.1) is 18.8 Å². The second-order valence-electron chi connectivity index (χ2n) is 11.9. The Morgan fingerprint density at radius 1 is 1.00 bits per heavy atom. The zero-order valence-corrected chi connectivity index (χ0v) is 25.8. The van der Waals surface area contributed by atoms with Crippen molar-refractivity contribution in [3.8, 4) is 11.3 Å². The average molecular weight is 593 g/mol. The van der Waals surface area contributed by atoms with Gasteiger partial charge in [-0.2, -0.15) is 0 Å². The number of nitrogens with zero attached hydrogens (tertiary/aromatic N) is 4. The molecule has 2 amide bonds. The average Bonchev–Trinajstić information content (AvgIpc) is 3.02. The summed E-state index contributed by atoms with van der Waals surface area (Å²) in [5.74, 6) is 0.121. The Kier molecular flexibility index (Phi) is 9.13. The molecule has 3 aromatic carbocycles. The van der Waals surface area contributed by atoms with Crippen molar-refractivity contribution < 1.29 is 9.59 Å². The number of primary amides is 1. The van der Waals surface area contributed by atoms with Gasteiger partial charge in [-0.05, 0) is 73.7 Å². The number of amides is 2. The van der Waals surface area contributed by atoms with Crippen molar-refractivity contribution in [1.29, 1.82) is 0 Å². The van der Waals surface area contributed by atoms with Gasteiger partial charge >= 0.3 is 0 Å². The van der Waals surface area contributed by atoms with Crippen molar-refractivity contribution >= 4 is 34.7 Å². The van der Waals surface area contributed by atoms with Crippen molar-refractivity contribution in [2.24, 2.45) is 24.6 Å². The Balaban J connectivity index is 1.41. The SMILES string of the molecule is Cc1c(-c2cn(C)c(=O)c(Nc3ccc(N4CCC(C(N)=O)CC4)cc3)n2)cccc1N(CC(C)C)C(=O)c1ccccc1. The molecule has 5 rings (SSSR count). The van der Waals surface area contributed by atoms with E-state index in [2.05, 4.69) is 24.1 Å². The summed E-state index contributed by atoms with van der Waals surface area (Å²) in [7, 11) is 1.71. The number of nitrogens with two attached hydrogens (primary N) is 1. The first kappa shape index (κ1) is 30.5. The minimum Gasteiger partial charge on any atom is -0.371 e. The number of hydrogen-bond donors (Lipinski definition) is 2. The summed E-state index contributed by atoms with van der Waals surface area (Å²) in [6, 6.07) is 23.0. The monoisotopic (exact) mass is 592 g/mol. The Bertz CT molecular complexity index is 1690. The van der Waals surface area contributed by atoms with E-state index in [0.717, 1.165) is 54.1 Å².